The highest BCUT2D eigenvalue weighted by atomic mass is 35.5. The van der Waals surface area contributed by atoms with Gasteiger partial charge in [-0.15, -0.1) is 0 Å². The Morgan fingerprint density at radius 1 is 1.18 bits per heavy atom. The first-order valence-corrected chi connectivity index (χ1v) is 15.0. The molecule has 0 saturated carbocycles. The maximum absolute atomic E-state index is 12.9. The van der Waals surface area contributed by atoms with Crippen molar-refractivity contribution in [2.24, 2.45) is 4.99 Å². The van der Waals surface area contributed by atoms with Gasteiger partial charge in [-0.25, -0.2) is 13.2 Å². The van der Waals surface area contributed by atoms with Crippen LogP contribution >= 0.6 is 23.4 Å². The number of amides is 3. The molecule has 1 fully saturated rings. The van der Waals surface area contributed by atoms with Gasteiger partial charge >= 0.3 is 6.03 Å². The van der Waals surface area contributed by atoms with Gasteiger partial charge in [-0.3, -0.25) is 25.3 Å². The Balaban J connectivity index is 1.17. The molecular formula is C25H27ClN6O4S2. The molecule has 1 saturated heterocycles. The van der Waals surface area contributed by atoms with Crippen molar-refractivity contribution in [1.29, 1.82) is 0 Å². The minimum absolute atomic E-state index is 0.0514. The zero-order chi connectivity index (χ0) is 26.7. The van der Waals surface area contributed by atoms with Crippen LogP contribution in [0.5, 0.6) is 0 Å². The Morgan fingerprint density at radius 3 is 2.71 bits per heavy atom. The van der Waals surface area contributed by atoms with Gasteiger partial charge < -0.3 is 9.88 Å². The van der Waals surface area contributed by atoms with Crippen LogP contribution in [0.1, 0.15) is 10.4 Å². The first kappa shape index (κ1) is 26.7. The average molecular weight is 575 g/mol. The summed E-state index contributed by atoms with van der Waals surface area (Å²) in [6.07, 6.45) is 8.68. The number of benzene rings is 1. The Hall–Kier alpha value is -2.90. The number of nitrogens with one attached hydrogen (secondary N) is 3. The van der Waals surface area contributed by atoms with Gasteiger partial charge in [0.05, 0.1) is 32.5 Å². The molecule has 1 aromatic carbocycles. The summed E-state index contributed by atoms with van der Waals surface area (Å²) >= 11 is 7.45. The van der Waals surface area contributed by atoms with Crippen molar-refractivity contribution in [2.45, 2.75) is 11.3 Å². The zero-order valence-electron chi connectivity index (χ0n) is 20.3. The topological polar surface area (TPSA) is 125 Å². The number of allylic oxidation sites excluding steroid dienone is 1. The van der Waals surface area contributed by atoms with Crippen molar-refractivity contribution in [3.05, 3.63) is 76.4 Å². The van der Waals surface area contributed by atoms with Gasteiger partial charge in [-0.05, 0) is 42.5 Å². The number of halogens is 1. The molecule has 3 aliphatic rings. The number of hydrogen-bond acceptors (Lipinski definition) is 8. The molecule has 0 spiro atoms. The van der Waals surface area contributed by atoms with Crippen LogP contribution in [0.2, 0.25) is 5.02 Å². The van der Waals surface area contributed by atoms with Crippen LogP contribution in [0.15, 0.2) is 70.9 Å². The highest BCUT2D eigenvalue weighted by Crippen LogP contribution is 2.33. The third-order valence-corrected chi connectivity index (χ3v) is 9.58. The van der Waals surface area contributed by atoms with Gasteiger partial charge in [0.2, 0.25) is 0 Å². The van der Waals surface area contributed by atoms with Gasteiger partial charge in [-0.2, -0.15) is 0 Å². The normalized spacial score (nSPS) is 21.4. The number of rotatable bonds is 6. The first-order chi connectivity index (χ1) is 18.3. The van der Waals surface area contributed by atoms with Gasteiger partial charge in [-0.1, -0.05) is 29.4 Å². The van der Waals surface area contributed by atoms with Gasteiger partial charge in [0.1, 0.15) is 0 Å². The standard InChI is InChI=1S/C25H27ClN6O4S2/c26-20-5-3-17(32-9-1-2-10-32)15-19(20)23(33)29-24(34)30-25-28-21-6-4-18(16-22(21)37-25)38(35,36)14-13-31-11-7-27-8-12-31/h1-6,9-10,15-16,21-22,27H,7-8,11-14H2,(H2,28,29,30,33,34). The molecule has 2 unspecified atom stereocenters. The molecule has 5 rings (SSSR count). The van der Waals surface area contributed by atoms with Crippen LogP contribution in [0, 0.1) is 0 Å². The lowest BCUT2D eigenvalue weighted by Crippen LogP contribution is -2.45. The number of urea groups is 1. The number of imide groups is 1. The third-order valence-electron chi connectivity index (χ3n) is 6.43. The molecule has 1 aliphatic carbocycles. The molecule has 0 bridgehead atoms. The summed E-state index contributed by atoms with van der Waals surface area (Å²) in [5, 5.41) is 8.38. The lowest BCUT2D eigenvalue weighted by atomic mass is 10.1. The number of thioether (sulfide) groups is 1. The van der Waals surface area contributed by atoms with Crippen LogP contribution in [0.4, 0.5) is 4.79 Å². The number of carbonyl (C=O) groups excluding carboxylic acids is 2. The fraction of sp³-hybridized carbons (Fsp3) is 0.320. The number of nitrogens with zero attached hydrogens (tertiary/aromatic N) is 3. The maximum atomic E-state index is 12.9. The predicted octanol–water partition coefficient (Wildman–Crippen LogP) is 2.18. The van der Waals surface area contributed by atoms with Gasteiger partial charge in [0, 0.05) is 50.8 Å². The van der Waals surface area contributed by atoms with Crippen molar-refractivity contribution in [2.75, 3.05) is 38.5 Å². The summed E-state index contributed by atoms with van der Waals surface area (Å²) < 4.78 is 27.7. The number of hydrogen-bond donors (Lipinski definition) is 3. The van der Waals surface area contributed by atoms with Gasteiger partial charge in [0.25, 0.3) is 5.91 Å². The molecule has 38 heavy (non-hydrogen) atoms. The second kappa shape index (κ2) is 11.5. The Kier molecular flexibility index (Phi) is 8.05. The van der Waals surface area contributed by atoms with Crippen LogP contribution in [-0.2, 0) is 9.84 Å². The van der Waals surface area contributed by atoms with Crippen molar-refractivity contribution >= 4 is 50.3 Å². The fourth-order valence-electron chi connectivity index (χ4n) is 4.36. The second-order valence-corrected chi connectivity index (χ2v) is 12.7. The van der Waals surface area contributed by atoms with E-state index in [2.05, 4.69) is 25.8 Å². The summed E-state index contributed by atoms with van der Waals surface area (Å²) in [5.41, 5.74) is 0.881. The monoisotopic (exact) mass is 574 g/mol. The molecular weight excluding hydrogens is 548 g/mol. The van der Waals surface area contributed by atoms with Crippen molar-refractivity contribution in [3.63, 3.8) is 0 Å². The number of aromatic nitrogens is 1. The molecule has 0 radical (unpaired) electrons. The molecule has 2 atom stereocenters. The number of carbonyl (C=O) groups is 2. The van der Waals surface area contributed by atoms with E-state index in [1.54, 1.807) is 36.4 Å². The Bertz CT molecular complexity index is 1420. The Morgan fingerprint density at radius 2 is 1.95 bits per heavy atom. The highest BCUT2D eigenvalue weighted by Gasteiger charge is 2.33. The van der Waals surface area contributed by atoms with E-state index in [4.69, 9.17) is 11.6 Å². The number of amidine groups is 1. The van der Waals surface area contributed by atoms with E-state index in [0.29, 0.717) is 11.7 Å². The SMILES string of the molecule is O=C(NC(=O)c1cc(-n2cccc2)ccc1Cl)NC1=NC2C=CC(S(=O)(=O)CCN3CCNCC3)=CC2S1. The van der Waals surface area contributed by atoms with Crippen molar-refractivity contribution in [1.82, 2.24) is 25.4 Å². The smallest absolute Gasteiger partial charge is 0.324 e. The summed E-state index contributed by atoms with van der Waals surface area (Å²) in [6, 6.07) is 7.63. The number of piperazine rings is 1. The van der Waals surface area contributed by atoms with E-state index in [0.717, 1.165) is 31.9 Å². The summed E-state index contributed by atoms with van der Waals surface area (Å²) in [5.74, 6) is -0.601. The molecule has 2 aromatic rings. The average Bonchev–Trinajstić information content (AvgIpc) is 3.58. The zero-order valence-corrected chi connectivity index (χ0v) is 22.7. The van der Waals surface area contributed by atoms with E-state index in [1.165, 1.54) is 11.8 Å². The van der Waals surface area contributed by atoms with Crippen LogP contribution in [0.3, 0.4) is 0 Å². The van der Waals surface area contributed by atoms with Crippen molar-refractivity contribution < 1.29 is 18.0 Å². The summed E-state index contributed by atoms with van der Waals surface area (Å²) in [7, 11) is -3.44. The Labute approximate surface area is 230 Å². The molecule has 1 aromatic heterocycles. The minimum atomic E-state index is -3.44. The lowest BCUT2D eigenvalue weighted by molar-refractivity contribution is 0.0965. The molecule has 3 N–H and O–H groups in total. The molecule has 10 nitrogen and oxygen atoms in total. The summed E-state index contributed by atoms with van der Waals surface area (Å²) in [4.78, 5) is 32.2. The third kappa shape index (κ3) is 6.21. The number of aliphatic imine (C=N–C) groups is 1. The largest absolute Gasteiger partial charge is 0.327 e. The maximum Gasteiger partial charge on any atom is 0.327 e. The minimum Gasteiger partial charge on any atom is -0.324 e. The van der Waals surface area contributed by atoms with E-state index >= 15 is 0 Å². The highest BCUT2D eigenvalue weighted by molar-refractivity contribution is 8.14. The summed E-state index contributed by atoms with van der Waals surface area (Å²) in [6.45, 7) is 3.89. The molecule has 13 heteroatoms. The first-order valence-electron chi connectivity index (χ1n) is 12.1. The van der Waals surface area contributed by atoms with E-state index in [1.807, 2.05) is 29.1 Å². The predicted molar refractivity (Wildman–Crippen MR) is 150 cm³/mol. The van der Waals surface area contributed by atoms with Crippen LogP contribution < -0.4 is 16.0 Å². The number of sulfone groups is 1. The van der Waals surface area contributed by atoms with E-state index in [9.17, 15) is 18.0 Å². The van der Waals surface area contributed by atoms with Crippen molar-refractivity contribution in [3.8, 4) is 5.69 Å². The van der Waals surface area contributed by atoms with E-state index < -0.39 is 21.8 Å². The fourth-order valence-corrected chi connectivity index (χ4v) is 7.12. The lowest BCUT2D eigenvalue weighted by Gasteiger charge is -2.27. The van der Waals surface area contributed by atoms with Gasteiger partial charge in [0.15, 0.2) is 15.0 Å². The molecule has 2 aliphatic heterocycles. The molecule has 3 heterocycles. The quantitative estimate of drug-likeness (QED) is 0.483. The second-order valence-electron chi connectivity index (χ2n) is 9.01. The molecule has 3 amide bonds. The van der Waals surface area contributed by atoms with E-state index in [-0.39, 0.29) is 32.5 Å². The number of fused-ring (bicyclic) bond motifs is 1. The van der Waals surface area contributed by atoms with Crippen LogP contribution in [-0.4, -0.2) is 84.8 Å². The van der Waals surface area contributed by atoms with Crippen LogP contribution in [0.25, 0.3) is 5.69 Å². The molecule has 200 valence electrons.